The van der Waals surface area contributed by atoms with Crippen LogP contribution in [0.15, 0.2) is 17.5 Å². The summed E-state index contributed by atoms with van der Waals surface area (Å²) in [5.74, 6) is 0. The van der Waals surface area contributed by atoms with Gasteiger partial charge in [-0.1, -0.05) is 52.4 Å². The van der Waals surface area contributed by atoms with Crippen molar-refractivity contribution >= 4 is 49.1 Å². The van der Waals surface area contributed by atoms with Crippen LogP contribution in [0.2, 0.25) is 0 Å². The van der Waals surface area contributed by atoms with Gasteiger partial charge in [0.15, 0.2) is 6.29 Å². The topological polar surface area (TPSA) is 17.1 Å². The van der Waals surface area contributed by atoms with Crippen molar-refractivity contribution in [2.45, 2.75) is 78.1 Å². The molecule has 0 N–H and O–H groups in total. The molecule has 1 aromatic carbocycles. The lowest BCUT2D eigenvalue weighted by atomic mass is 9.93. The Balaban J connectivity index is 2.03. The third-order valence-corrected chi connectivity index (χ3v) is 7.39. The molecule has 0 radical (unpaired) electrons. The zero-order valence-electron chi connectivity index (χ0n) is 16.1. The molecule has 1 nitrogen and oxygen atoms in total. The van der Waals surface area contributed by atoms with E-state index in [1.54, 1.807) is 22.5 Å². The van der Waals surface area contributed by atoms with E-state index in [4.69, 9.17) is 0 Å². The second kappa shape index (κ2) is 9.66. The van der Waals surface area contributed by atoms with Gasteiger partial charge in [-0.15, -0.1) is 22.7 Å². The fraction of sp³-hybridized carbons (Fsp3) is 0.522. The molecule has 0 bridgehead atoms. The number of carbonyl (C=O) groups excluding carboxylic acids is 1. The Morgan fingerprint density at radius 2 is 1.50 bits per heavy atom. The van der Waals surface area contributed by atoms with Gasteiger partial charge < -0.3 is 0 Å². The van der Waals surface area contributed by atoms with E-state index in [2.05, 4.69) is 31.4 Å². The quantitative estimate of drug-likeness (QED) is 0.240. The maximum absolute atomic E-state index is 11.4. The Bertz CT molecular complexity index is 856. The van der Waals surface area contributed by atoms with Crippen LogP contribution in [0.5, 0.6) is 0 Å². The molecule has 0 aliphatic carbocycles. The zero-order chi connectivity index (χ0) is 18.4. The number of thiophene rings is 2. The highest BCUT2D eigenvalue weighted by Gasteiger charge is 2.17. The third kappa shape index (κ3) is 4.20. The molecule has 0 saturated heterocycles. The van der Waals surface area contributed by atoms with Crippen molar-refractivity contribution in [1.82, 2.24) is 0 Å². The molecule has 0 spiro atoms. The van der Waals surface area contributed by atoms with E-state index in [0.717, 1.165) is 17.6 Å². The summed E-state index contributed by atoms with van der Waals surface area (Å²) >= 11 is 3.58. The van der Waals surface area contributed by atoms with Crippen LogP contribution in [0.4, 0.5) is 0 Å². The number of unbranched alkanes of at least 4 members (excludes halogenated alkanes) is 6. The van der Waals surface area contributed by atoms with Gasteiger partial charge in [0.05, 0.1) is 4.88 Å². The van der Waals surface area contributed by atoms with Gasteiger partial charge in [-0.25, -0.2) is 0 Å². The Morgan fingerprint density at radius 1 is 0.846 bits per heavy atom. The number of hydrogen-bond acceptors (Lipinski definition) is 3. The van der Waals surface area contributed by atoms with E-state index in [0.29, 0.717) is 0 Å². The molecule has 0 amide bonds. The molecule has 0 aliphatic rings. The molecular formula is C23H30OS2. The summed E-state index contributed by atoms with van der Waals surface area (Å²) in [6.45, 7) is 4.54. The highest BCUT2D eigenvalue weighted by Crippen LogP contribution is 2.41. The van der Waals surface area contributed by atoms with Crippen molar-refractivity contribution in [3.63, 3.8) is 0 Å². The fourth-order valence-corrected chi connectivity index (χ4v) is 6.01. The molecule has 140 valence electrons. The predicted molar refractivity (Wildman–Crippen MR) is 118 cm³/mol. The molecule has 0 saturated carbocycles. The van der Waals surface area contributed by atoms with Crippen molar-refractivity contribution in [3.05, 3.63) is 33.5 Å². The van der Waals surface area contributed by atoms with E-state index >= 15 is 0 Å². The van der Waals surface area contributed by atoms with E-state index in [-0.39, 0.29) is 0 Å². The Labute approximate surface area is 165 Å². The Hall–Kier alpha value is -1.19. The second-order valence-electron chi connectivity index (χ2n) is 7.25. The summed E-state index contributed by atoms with van der Waals surface area (Å²) in [4.78, 5) is 12.3. The van der Waals surface area contributed by atoms with Crippen molar-refractivity contribution in [1.29, 1.82) is 0 Å². The maximum Gasteiger partial charge on any atom is 0.160 e. The maximum atomic E-state index is 11.4. The van der Waals surface area contributed by atoms with Crippen molar-refractivity contribution in [2.24, 2.45) is 0 Å². The summed E-state index contributed by atoms with van der Waals surface area (Å²) in [5, 5.41) is 4.88. The largest absolute Gasteiger partial charge is 0.297 e. The minimum Gasteiger partial charge on any atom is -0.297 e. The molecule has 0 unspecified atom stereocenters. The van der Waals surface area contributed by atoms with E-state index in [1.807, 2.05) is 11.3 Å². The molecule has 3 heteroatoms. The first-order valence-electron chi connectivity index (χ1n) is 10.2. The van der Waals surface area contributed by atoms with Crippen LogP contribution in [-0.2, 0) is 12.8 Å². The minimum absolute atomic E-state index is 0.866. The number of carbonyl (C=O) groups is 1. The Morgan fingerprint density at radius 3 is 2.12 bits per heavy atom. The zero-order valence-corrected chi connectivity index (χ0v) is 17.7. The average Bonchev–Trinajstić information content (AvgIpc) is 3.29. The van der Waals surface area contributed by atoms with Crippen LogP contribution >= 0.6 is 22.7 Å². The van der Waals surface area contributed by atoms with Crippen LogP contribution in [0, 0.1) is 0 Å². The lowest BCUT2D eigenvalue weighted by Gasteiger charge is -2.13. The van der Waals surface area contributed by atoms with Gasteiger partial charge in [0.1, 0.15) is 0 Å². The van der Waals surface area contributed by atoms with Crippen LogP contribution in [0.25, 0.3) is 20.2 Å². The molecule has 0 atom stereocenters. The van der Waals surface area contributed by atoms with Gasteiger partial charge in [0.2, 0.25) is 0 Å². The van der Waals surface area contributed by atoms with Gasteiger partial charge in [0, 0.05) is 20.2 Å². The number of rotatable bonds is 11. The molecule has 3 rings (SSSR count). The van der Waals surface area contributed by atoms with E-state index < -0.39 is 0 Å². The monoisotopic (exact) mass is 386 g/mol. The summed E-state index contributed by atoms with van der Waals surface area (Å²) in [5.41, 5.74) is 3.12. The molecule has 3 aromatic rings. The highest BCUT2D eigenvalue weighted by atomic mass is 32.1. The summed E-state index contributed by atoms with van der Waals surface area (Å²) in [7, 11) is 0. The fourth-order valence-electron chi connectivity index (χ4n) is 3.91. The van der Waals surface area contributed by atoms with Crippen LogP contribution in [0.3, 0.4) is 0 Å². The van der Waals surface area contributed by atoms with Crippen LogP contribution in [0.1, 0.15) is 86.0 Å². The summed E-state index contributed by atoms with van der Waals surface area (Å²) in [6.07, 6.45) is 13.7. The molecule has 2 heterocycles. The lowest BCUT2D eigenvalue weighted by Crippen LogP contribution is -1.97. The summed E-state index contributed by atoms with van der Waals surface area (Å²) < 4.78 is 2.84. The predicted octanol–water partition coefficient (Wildman–Crippen LogP) is 8.17. The average molecular weight is 387 g/mol. The molecular weight excluding hydrogens is 356 g/mol. The van der Waals surface area contributed by atoms with E-state index in [1.165, 1.54) is 78.0 Å². The van der Waals surface area contributed by atoms with Crippen molar-refractivity contribution in [2.75, 3.05) is 0 Å². The Kier molecular flexibility index (Phi) is 7.27. The first kappa shape index (κ1) is 19.6. The normalized spacial score (nSPS) is 11.6. The van der Waals surface area contributed by atoms with Crippen molar-refractivity contribution in [3.8, 4) is 0 Å². The van der Waals surface area contributed by atoms with Gasteiger partial charge in [-0.05, 0) is 54.3 Å². The second-order valence-corrected chi connectivity index (χ2v) is 9.25. The molecule has 2 aromatic heterocycles. The molecule has 26 heavy (non-hydrogen) atoms. The smallest absolute Gasteiger partial charge is 0.160 e. The van der Waals surface area contributed by atoms with Crippen LogP contribution in [-0.4, -0.2) is 6.29 Å². The number of hydrogen-bond donors (Lipinski definition) is 0. The van der Waals surface area contributed by atoms with Gasteiger partial charge >= 0.3 is 0 Å². The standard InChI is InChI=1S/C23H30OS2/c1-3-5-7-9-11-18-19(12-10-8-6-4-2)23-21(15-17(16-24)26-23)20-13-14-25-22(18)20/h13-16H,3-12H2,1-2H3. The number of aldehydes is 1. The third-order valence-electron chi connectivity index (χ3n) is 5.30. The van der Waals surface area contributed by atoms with Crippen molar-refractivity contribution < 1.29 is 4.79 Å². The SMILES string of the molecule is CCCCCCc1c(CCCCCC)c2sc(C=O)cc2c2ccsc12. The van der Waals surface area contributed by atoms with Gasteiger partial charge in [-0.3, -0.25) is 4.79 Å². The van der Waals surface area contributed by atoms with Gasteiger partial charge in [-0.2, -0.15) is 0 Å². The summed E-state index contributed by atoms with van der Waals surface area (Å²) in [6, 6.07) is 4.36. The molecule has 0 fully saturated rings. The lowest BCUT2D eigenvalue weighted by molar-refractivity contribution is 0.112. The van der Waals surface area contributed by atoms with Gasteiger partial charge in [0.25, 0.3) is 0 Å². The highest BCUT2D eigenvalue weighted by molar-refractivity contribution is 7.21. The minimum atomic E-state index is 0.866. The first-order valence-corrected chi connectivity index (χ1v) is 11.9. The first-order chi connectivity index (χ1) is 12.8. The number of fused-ring (bicyclic) bond motifs is 3. The number of aryl methyl sites for hydroxylation is 2. The number of benzene rings is 1. The van der Waals surface area contributed by atoms with E-state index in [9.17, 15) is 4.79 Å². The van der Waals surface area contributed by atoms with Crippen LogP contribution < -0.4 is 0 Å². The molecule has 0 aliphatic heterocycles.